The molecule has 0 bridgehead atoms. The van der Waals surface area contributed by atoms with Crippen molar-refractivity contribution in [3.05, 3.63) is 32.4 Å². The molecule has 1 atom stereocenters. The molecule has 0 spiro atoms. The summed E-state index contributed by atoms with van der Waals surface area (Å²) in [5.41, 5.74) is 0. The van der Waals surface area contributed by atoms with Crippen LogP contribution in [0.25, 0.3) is 0 Å². The average molecular weight is 307 g/mol. The lowest BCUT2D eigenvalue weighted by atomic mass is 10.1. The molecule has 1 aliphatic rings. The third kappa shape index (κ3) is 2.91. The maximum Gasteiger partial charge on any atom is 0.282 e. The summed E-state index contributed by atoms with van der Waals surface area (Å²) >= 11 is 3.09. The summed E-state index contributed by atoms with van der Waals surface area (Å²) in [4.78, 5) is 13.3. The normalized spacial score (nSPS) is 17.2. The zero-order valence-corrected chi connectivity index (χ0v) is 13.0. The first kappa shape index (κ1) is 13.7. The number of nitrogens with zero attached hydrogens (tertiary/aromatic N) is 2. The summed E-state index contributed by atoms with van der Waals surface area (Å²) in [6, 6.07) is 4.03. The summed E-state index contributed by atoms with van der Waals surface area (Å²) in [7, 11) is 0. The minimum Gasteiger partial charge on any atom is -0.343 e. The van der Waals surface area contributed by atoms with E-state index in [2.05, 4.69) is 15.5 Å². The number of hydrogen-bond acceptors (Lipinski definition) is 5. The lowest BCUT2D eigenvalue weighted by molar-refractivity contribution is 0.0939. The lowest BCUT2D eigenvalue weighted by Gasteiger charge is -2.10. The number of rotatable bonds is 4. The summed E-state index contributed by atoms with van der Waals surface area (Å²) in [6.45, 7) is 1.99. The van der Waals surface area contributed by atoms with Gasteiger partial charge in [-0.15, -0.1) is 21.5 Å². The number of nitrogens with one attached hydrogen (secondary N) is 1. The van der Waals surface area contributed by atoms with Crippen molar-refractivity contribution in [3.63, 3.8) is 0 Å². The van der Waals surface area contributed by atoms with Gasteiger partial charge in [0, 0.05) is 10.8 Å². The highest BCUT2D eigenvalue weighted by molar-refractivity contribution is 7.13. The van der Waals surface area contributed by atoms with Gasteiger partial charge < -0.3 is 5.32 Å². The van der Waals surface area contributed by atoms with E-state index in [0.717, 1.165) is 9.88 Å². The summed E-state index contributed by atoms with van der Waals surface area (Å²) in [6.07, 6.45) is 4.89. The Morgan fingerprint density at radius 2 is 2.20 bits per heavy atom. The van der Waals surface area contributed by atoms with E-state index >= 15 is 0 Å². The van der Waals surface area contributed by atoms with Crippen LogP contribution in [0.1, 0.15) is 64.3 Å². The molecule has 3 rings (SSSR count). The molecule has 2 heterocycles. The smallest absolute Gasteiger partial charge is 0.282 e. The molecule has 0 radical (unpaired) electrons. The standard InChI is InChI=1S/C14H17N3OS2/c1-9(11-7-4-8-19-11)15-12(18)14-17-16-13(20-14)10-5-2-3-6-10/h4,7-10H,2-3,5-6H2,1H3,(H,15,18)/t9-/m1/s1. The van der Waals surface area contributed by atoms with Crippen LogP contribution in [0.3, 0.4) is 0 Å². The second kappa shape index (κ2) is 6.01. The van der Waals surface area contributed by atoms with Crippen molar-refractivity contribution in [1.82, 2.24) is 15.5 Å². The molecular weight excluding hydrogens is 290 g/mol. The number of thiophene rings is 1. The Kier molecular flexibility index (Phi) is 4.12. The fourth-order valence-electron chi connectivity index (χ4n) is 2.53. The third-order valence-electron chi connectivity index (χ3n) is 3.66. The van der Waals surface area contributed by atoms with Gasteiger partial charge in [0.2, 0.25) is 5.01 Å². The minimum absolute atomic E-state index is 0.0151. The average Bonchev–Trinajstić information content (AvgIpc) is 3.19. The van der Waals surface area contributed by atoms with Crippen molar-refractivity contribution in [2.75, 3.05) is 0 Å². The van der Waals surface area contributed by atoms with Crippen molar-refractivity contribution in [1.29, 1.82) is 0 Å². The van der Waals surface area contributed by atoms with E-state index in [-0.39, 0.29) is 11.9 Å². The largest absolute Gasteiger partial charge is 0.343 e. The van der Waals surface area contributed by atoms with Gasteiger partial charge in [-0.3, -0.25) is 4.79 Å². The summed E-state index contributed by atoms with van der Waals surface area (Å²) < 4.78 is 0. The maximum absolute atomic E-state index is 12.2. The van der Waals surface area contributed by atoms with E-state index in [1.807, 2.05) is 24.4 Å². The molecule has 1 N–H and O–H groups in total. The van der Waals surface area contributed by atoms with Gasteiger partial charge >= 0.3 is 0 Å². The van der Waals surface area contributed by atoms with Crippen LogP contribution in [-0.4, -0.2) is 16.1 Å². The highest BCUT2D eigenvalue weighted by Gasteiger charge is 2.23. The van der Waals surface area contributed by atoms with Gasteiger partial charge in [0.15, 0.2) is 0 Å². The van der Waals surface area contributed by atoms with Gasteiger partial charge in [0.25, 0.3) is 5.91 Å². The lowest BCUT2D eigenvalue weighted by Crippen LogP contribution is -2.25. The second-order valence-corrected chi connectivity index (χ2v) is 7.13. The molecule has 2 aromatic rings. The Hall–Kier alpha value is -1.27. The molecule has 1 fully saturated rings. The predicted molar refractivity (Wildman–Crippen MR) is 81.3 cm³/mol. The van der Waals surface area contributed by atoms with Gasteiger partial charge in [0.1, 0.15) is 5.01 Å². The summed E-state index contributed by atoms with van der Waals surface area (Å²) in [5.74, 6) is 0.399. The molecule has 20 heavy (non-hydrogen) atoms. The van der Waals surface area contributed by atoms with E-state index in [4.69, 9.17) is 0 Å². The van der Waals surface area contributed by atoms with Gasteiger partial charge in [0.05, 0.1) is 6.04 Å². The molecule has 106 valence electrons. The molecule has 0 aliphatic heterocycles. The number of hydrogen-bond donors (Lipinski definition) is 1. The maximum atomic E-state index is 12.2. The van der Waals surface area contributed by atoms with Gasteiger partial charge in [-0.25, -0.2) is 0 Å². The predicted octanol–water partition coefficient (Wildman–Crippen LogP) is 3.75. The van der Waals surface area contributed by atoms with Crippen LogP contribution in [0.15, 0.2) is 17.5 Å². The van der Waals surface area contributed by atoms with Crippen molar-refractivity contribution >= 4 is 28.6 Å². The number of carbonyl (C=O) groups excluding carboxylic acids is 1. The SMILES string of the molecule is C[C@@H](NC(=O)c1nnc(C2CCCC2)s1)c1cccs1. The number of aromatic nitrogens is 2. The molecule has 0 aromatic carbocycles. The van der Waals surface area contributed by atoms with E-state index in [9.17, 15) is 4.79 Å². The van der Waals surface area contributed by atoms with E-state index < -0.39 is 0 Å². The minimum atomic E-state index is -0.118. The fourth-order valence-corrected chi connectivity index (χ4v) is 4.18. The molecular formula is C14H17N3OS2. The Morgan fingerprint density at radius 1 is 1.40 bits per heavy atom. The van der Waals surface area contributed by atoms with E-state index in [0.29, 0.717) is 10.9 Å². The van der Waals surface area contributed by atoms with Crippen LogP contribution < -0.4 is 5.32 Å². The molecule has 6 heteroatoms. The molecule has 1 aliphatic carbocycles. The molecule has 1 saturated carbocycles. The van der Waals surface area contributed by atoms with E-state index in [1.54, 1.807) is 11.3 Å². The van der Waals surface area contributed by atoms with Crippen LogP contribution >= 0.6 is 22.7 Å². The Labute approximate surface area is 126 Å². The second-order valence-electron chi connectivity index (χ2n) is 5.14. The van der Waals surface area contributed by atoms with E-state index in [1.165, 1.54) is 37.0 Å². The number of amides is 1. The fraction of sp³-hybridized carbons (Fsp3) is 0.500. The van der Waals surface area contributed by atoms with Crippen LogP contribution in [0, 0.1) is 0 Å². The first-order valence-electron chi connectivity index (χ1n) is 6.91. The van der Waals surface area contributed by atoms with Crippen molar-refractivity contribution < 1.29 is 4.79 Å². The Bertz CT molecular complexity index is 573. The van der Waals surface area contributed by atoms with Crippen molar-refractivity contribution in [2.24, 2.45) is 0 Å². The first-order chi connectivity index (χ1) is 9.74. The van der Waals surface area contributed by atoms with Gasteiger partial charge in [-0.1, -0.05) is 30.2 Å². The molecule has 0 saturated heterocycles. The van der Waals surface area contributed by atoms with Crippen LogP contribution in [0.2, 0.25) is 0 Å². The van der Waals surface area contributed by atoms with Gasteiger partial charge in [-0.2, -0.15) is 0 Å². The van der Waals surface area contributed by atoms with Crippen molar-refractivity contribution in [2.45, 2.75) is 44.6 Å². The highest BCUT2D eigenvalue weighted by Crippen LogP contribution is 2.35. The Balaban J connectivity index is 1.65. The quantitative estimate of drug-likeness (QED) is 0.936. The highest BCUT2D eigenvalue weighted by atomic mass is 32.1. The van der Waals surface area contributed by atoms with Crippen LogP contribution in [-0.2, 0) is 0 Å². The molecule has 2 aromatic heterocycles. The zero-order valence-electron chi connectivity index (χ0n) is 11.3. The molecule has 0 unspecified atom stereocenters. The van der Waals surface area contributed by atoms with Crippen molar-refractivity contribution in [3.8, 4) is 0 Å². The van der Waals surface area contributed by atoms with Crippen LogP contribution in [0.5, 0.6) is 0 Å². The monoisotopic (exact) mass is 307 g/mol. The first-order valence-corrected chi connectivity index (χ1v) is 8.61. The third-order valence-corrected chi connectivity index (χ3v) is 5.80. The topological polar surface area (TPSA) is 54.9 Å². The molecule has 1 amide bonds. The van der Waals surface area contributed by atoms with Crippen LogP contribution in [0.4, 0.5) is 0 Å². The number of carbonyl (C=O) groups is 1. The Morgan fingerprint density at radius 3 is 2.90 bits per heavy atom. The van der Waals surface area contributed by atoms with Gasteiger partial charge in [-0.05, 0) is 31.2 Å². The summed E-state index contributed by atoms with van der Waals surface area (Å²) in [5, 5.41) is 14.8. The zero-order chi connectivity index (χ0) is 13.9. The molecule has 4 nitrogen and oxygen atoms in total.